The van der Waals surface area contributed by atoms with Gasteiger partial charge in [0.1, 0.15) is 6.54 Å². The molecule has 4 aliphatic rings. The Hall–Kier alpha value is -0.900. The van der Waals surface area contributed by atoms with Crippen molar-refractivity contribution in [1.82, 2.24) is 5.32 Å². The summed E-state index contributed by atoms with van der Waals surface area (Å²) in [7, 11) is 0. The topological polar surface area (TPSA) is 47.5 Å². The van der Waals surface area contributed by atoms with E-state index in [0.717, 1.165) is 25.8 Å². The molecule has 3 atom stereocenters. The van der Waals surface area contributed by atoms with E-state index in [4.69, 9.17) is 0 Å². The van der Waals surface area contributed by atoms with Crippen molar-refractivity contribution in [2.75, 3.05) is 19.6 Å². The highest BCUT2D eigenvalue weighted by Gasteiger charge is 2.63. The van der Waals surface area contributed by atoms with E-state index in [2.05, 4.69) is 17.2 Å². The van der Waals surface area contributed by atoms with E-state index in [1.54, 1.807) is 4.90 Å². The van der Waals surface area contributed by atoms with Crippen molar-refractivity contribution in [2.24, 2.45) is 11.3 Å². The number of hydrogen-bond donors (Lipinski definition) is 3. The molecule has 3 fully saturated rings. The minimum absolute atomic E-state index is 0.105. The fourth-order valence-electron chi connectivity index (χ4n) is 5.67. The van der Waals surface area contributed by atoms with E-state index >= 15 is 0 Å². The summed E-state index contributed by atoms with van der Waals surface area (Å²) in [5.41, 5.74) is 1.13. The van der Waals surface area contributed by atoms with E-state index < -0.39 is 0 Å². The molecule has 2 aliphatic carbocycles. The molecule has 3 N–H and O–H groups in total. The number of piperidine rings is 1. The van der Waals surface area contributed by atoms with Crippen molar-refractivity contribution in [3.05, 3.63) is 0 Å². The average Bonchev–Trinajstić information content (AvgIpc) is 2.48. The lowest BCUT2D eigenvalue weighted by molar-refractivity contribution is -0.912. The molecule has 4 heteroatoms. The van der Waals surface area contributed by atoms with Crippen LogP contribution in [0.2, 0.25) is 0 Å². The number of quaternary nitrogens is 1. The van der Waals surface area contributed by atoms with Crippen LogP contribution in [0.3, 0.4) is 0 Å². The fraction of sp³-hybridized carbons (Fsp3) is 0.889. The van der Waals surface area contributed by atoms with Crippen molar-refractivity contribution in [1.29, 1.82) is 0 Å². The predicted octanol–water partition coefficient (Wildman–Crippen LogP) is -0.607. The Labute approximate surface area is 133 Å². The highest BCUT2D eigenvalue weighted by atomic mass is 16.2. The lowest BCUT2D eigenvalue weighted by atomic mass is 9.62. The number of likely N-dealkylation sites (tertiary alicyclic amines) is 1. The lowest BCUT2D eigenvalue weighted by Gasteiger charge is -2.49. The quantitative estimate of drug-likeness (QED) is 0.626. The molecule has 0 radical (unpaired) electrons. The van der Waals surface area contributed by atoms with Gasteiger partial charge in [-0.15, -0.1) is 0 Å². The van der Waals surface area contributed by atoms with E-state index in [-0.39, 0.29) is 11.1 Å². The Morgan fingerprint density at radius 3 is 2.82 bits per heavy atom. The second-order valence-corrected chi connectivity index (χ2v) is 8.19. The SMILES string of the molecule is CCC[NH+]1C[C@@H]2CCC[C@@]3(C1)C(=O)NC1(CCCCC1)[NH+]=C23. The number of carbonyl (C=O) groups is 1. The maximum Gasteiger partial charge on any atom is 0.247 e. The molecule has 2 saturated carbocycles. The van der Waals surface area contributed by atoms with Crippen molar-refractivity contribution in [3.8, 4) is 0 Å². The Balaban J connectivity index is 1.71. The zero-order valence-electron chi connectivity index (χ0n) is 14.0. The van der Waals surface area contributed by atoms with Gasteiger partial charge in [-0.3, -0.25) is 10.1 Å². The largest absolute Gasteiger partial charge is 0.333 e. The average molecular weight is 305 g/mol. The van der Waals surface area contributed by atoms with Crippen LogP contribution in [0, 0.1) is 11.3 Å². The summed E-state index contributed by atoms with van der Waals surface area (Å²) in [6, 6.07) is 0. The summed E-state index contributed by atoms with van der Waals surface area (Å²) in [6.07, 6.45) is 10.8. The first kappa shape index (κ1) is 14.7. The molecule has 22 heavy (non-hydrogen) atoms. The molecule has 4 nitrogen and oxygen atoms in total. The molecule has 1 spiro atoms. The summed E-state index contributed by atoms with van der Waals surface area (Å²) in [5, 5.41) is 3.46. The van der Waals surface area contributed by atoms with Crippen LogP contribution in [0.1, 0.15) is 64.7 Å². The van der Waals surface area contributed by atoms with Gasteiger partial charge in [0.25, 0.3) is 0 Å². The van der Waals surface area contributed by atoms with Crippen molar-refractivity contribution in [2.45, 2.75) is 70.4 Å². The number of rotatable bonds is 2. The van der Waals surface area contributed by atoms with Crippen molar-refractivity contribution < 1.29 is 14.7 Å². The second kappa shape index (κ2) is 5.33. The van der Waals surface area contributed by atoms with Crippen LogP contribution in [0.25, 0.3) is 0 Å². The molecule has 1 amide bonds. The molecule has 1 saturated heterocycles. The van der Waals surface area contributed by atoms with Gasteiger partial charge in [-0.05, 0) is 32.1 Å². The van der Waals surface area contributed by atoms with Crippen LogP contribution < -0.4 is 15.2 Å². The third kappa shape index (κ3) is 2.14. The van der Waals surface area contributed by atoms with Crippen molar-refractivity contribution >= 4 is 11.6 Å². The van der Waals surface area contributed by atoms with Gasteiger partial charge in [-0.1, -0.05) is 19.8 Å². The Morgan fingerprint density at radius 2 is 2.05 bits per heavy atom. The van der Waals surface area contributed by atoms with Crippen LogP contribution >= 0.6 is 0 Å². The molecule has 2 bridgehead atoms. The number of nitrogens with one attached hydrogen (secondary N) is 3. The Kier molecular flexibility index (Phi) is 3.55. The normalized spacial score (nSPS) is 39.9. The molecule has 0 aromatic carbocycles. The summed E-state index contributed by atoms with van der Waals surface area (Å²) in [4.78, 5) is 18.8. The predicted molar refractivity (Wildman–Crippen MR) is 85.6 cm³/mol. The monoisotopic (exact) mass is 305 g/mol. The zero-order valence-corrected chi connectivity index (χ0v) is 14.0. The minimum atomic E-state index is -0.200. The molecule has 0 aromatic heterocycles. The first-order valence-electron chi connectivity index (χ1n) is 9.49. The van der Waals surface area contributed by atoms with E-state index in [9.17, 15) is 4.79 Å². The maximum atomic E-state index is 13.2. The van der Waals surface area contributed by atoms with Crippen LogP contribution in [-0.2, 0) is 4.79 Å². The van der Waals surface area contributed by atoms with Gasteiger partial charge < -0.3 is 4.90 Å². The van der Waals surface area contributed by atoms with Gasteiger partial charge >= 0.3 is 0 Å². The zero-order chi connectivity index (χ0) is 15.2. The van der Waals surface area contributed by atoms with Crippen LogP contribution in [0.4, 0.5) is 0 Å². The van der Waals surface area contributed by atoms with Gasteiger partial charge in [0.05, 0.1) is 19.0 Å². The summed E-state index contributed by atoms with van der Waals surface area (Å²) in [5.74, 6) is 0.968. The highest BCUT2D eigenvalue weighted by molar-refractivity contribution is 6.09. The van der Waals surface area contributed by atoms with Crippen LogP contribution in [0.5, 0.6) is 0 Å². The van der Waals surface area contributed by atoms with Crippen LogP contribution in [-0.4, -0.2) is 36.9 Å². The Morgan fingerprint density at radius 1 is 1.23 bits per heavy atom. The van der Waals surface area contributed by atoms with E-state index in [1.807, 2.05) is 0 Å². The molecule has 2 heterocycles. The Bertz CT molecular complexity index is 495. The smallest absolute Gasteiger partial charge is 0.247 e. The third-order valence-electron chi connectivity index (χ3n) is 6.64. The maximum absolute atomic E-state index is 13.2. The standard InChI is InChI=1S/C18H29N3O/c1-2-11-21-12-14-7-6-8-17(13-21)15(14)19-18(20-16(17)22)9-4-3-5-10-18/h14H,2-13H2,1H3,(H,20,22)/p+2/t14-,17-/m0/s1. The van der Waals surface area contributed by atoms with E-state index in [0.29, 0.717) is 11.8 Å². The van der Waals surface area contributed by atoms with Gasteiger partial charge in [-0.2, -0.15) is 0 Å². The number of carbonyl (C=O) groups excluding carboxylic acids is 1. The molecular weight excluding hydrogens is 274 g/mol. The lowest BCUT2D eigenvalue weighted by Crippen LogP contribution is -3.18. The van der Waals surface area contributed by atoms with Crippen LogP contribution in [0.15, 0.2) is 0 Å². The minimum Gasteiger partial charge on any atom is -0.333 e. The first-order chi connectivity index (χ1) is 10.7. The molecule has 1 unspecified atom stereocenters. The molecule has 122 valence electrons. The summed E-state index contributed by atoms with van der Waals surface area (Å²) < 4.78 is 0. The van der Waals surface area contributed by atoms with Gasteiger partial charge in [0, 0.05) is 12.8 Å². The molecule has 2 aliphatic heterocycles. The molecule has 4 rings (SSSR count). The van der Waals surface area contributed by atoms with Gasteiger partial charge in [0.2, 0.25) is 11.6 Å². The van der Waals surface area contributed by atoms with E-state index in [1.165, 1.54) is 57.3 Å². The fourth-order valence-corrected chi connectivity index (χ4v) is 5.67. The van der Waals surface area contributed by atoms with Gasteiger partial charge in [-0.25, -0.2) is 4.99 Å². The number of hydrogen-bond acceptors (Lipinski definition) is 1. The van der Waals surface area contributed by atoms with Gasteiger partial charge in [0.15, 0.2) is 11.1 Å². The molecule has 0 aromatic rings. The molecular formula is C18H31N3O+2. The third-order valence-corrected chi connectivity index (χ3v) is 6.64. The highest BCUT2D eigenvalue weighted by Crippen LogP contribution is 2.39. The first-order valence-corrected chi connectivity index (χ1v) is 9.49. The summed E-state index contributed by atoms with van der Waals surface area (Å²) in [6.45, 7) is 5.72. The second-order valence-electron chi connectivity index (χ2n) is 8.19. The summed E-state index contributed by atoms with van der Waals surface area (Å²) >= 11 is 0. The number of amides is 1. The van der Waals surface area contributed by atoms with Crippen molar-refractivity contribution in [3.63, 3.8) is 0 Å².